The van der Waals surface area contributed by atoms with Gasteiger partial charge in [0.2, 0.25) is 5.91 Å². The third-order valence-electron chi connectivity index (χ3n) is 4.31. The predicted molar refractivity (Wildman–Crippen MR) is 112 cm³/mol. The largest absolute Gasteiger partial charge is 0.497 e. The standard InChI is InChI=1S/C20H22N2O4S2/c1-13-11-14(2)19-17(12-13)27-20(22-19)21-18(23)5-4-10-28(24,25)16-8-6-15(26-3)7-9-16/h6-9,11-12H,4-5,10H2,1-3H3,(H,21,22,23). The van der Waals surface area contributed by atoms with Crippen molar-refractivity contribution in [2.24, 2.45) is 0 Å². The van der Waals surface area contributed by atoms with E-state index in [4.69, 9.17) is 4.74 Å². The fourth-order valence-corrected chi connectivity index (χ4v) is 5.30. The zero-order chi connectivity index (χ0) is 20.3. The highest BCUT2D eigenvalue weighted by molar-refractivity contribution is 7.91. The van der Waals surface area contributed by atoms with E-state index in [2.05, 4.69) is 16.4 Å². The van der Waals surface area contributed by atoms with E-state index in [0.29, 0.717) is 10.9 Å². The molecule has 0 atom stereocenters. The van der Waals surface area contributed by atoms with E-state index >= 15 is 0 Å². The van der Waals surface area contributed by atoms with Gasteiger partial charge in [-0.3, -0.25) is 4.79 Å². The first-order valence-corrected chi connectivity index (χ1v) is 11.3. The van der Waals surface area contributed by atoms with Gasteiger partial charge in [-0.05, 0) is 61.7 Å². The molecule has 28 heavy (non-hydrogen) atoms. The first kappa shape index (κ1) is 20.3. The number of aromatic nitrogens is 1. The molecule has 8 heteroatoms. The van der Waals surface area contributed by atoms with Crippen molar-refractivity contribution in [1.29, 1.82) is 0 Å². The molecular weight excluding hydrogens is 396 g/mol. The Bertz CT molecular complexity index is 1100. The molecular formula is C20H22N2O4S2. The topological polar surface area (TPSA) is 85.4 Å². The number of methoxy groups -OCH3 is 1. The molecule has 1 heterocycles. The van der Waals surface area contributed by atoms with Crippen LogP contribution in [0.4, 0.5) is 5.13 Å². The summed E-state index contributed by atoms with van der Waals surface area (Å²) in [4.78, 5) is 16.9. The Hall–Kier alpha value is -2.45. The number of ether oxygens (including phenoxy) is 1. The third kappa shape index (κ3) is 4.69. The van der Waals surface area contributed by atoms with E-state index in [-0.39, 0.29) is 29.4 Å². The van der Waals surface area contributed by atoms with Crippen molar-refractivity contribution in [3.05, 3.63) is 47.5 Å². The predicted octanol–water partition coefficient (Wildman–Crippen LogP) is 4.11. The van der Waals surface area contributed by atoms with E-state index in [1.807, 2.05) is 19.9 Å². The van der Waals surface area contributed by atoms with Crippen LogP contribution in [0.2, 0.25) is 0 Å². The molecule has 0 radical (unpaired) electrons. The number of anilines is 1. The van der Waals surface area contributed by atoms with Crippen molar-refractivity contribution in [3.8, 4) is 5.75 Å². The summed E-state index contributed by atoms with van der Waals surface area (Å²) >= 11 is 1.42. The van der Waals surface area contributed by atoms with Gasteiger partial charge < -0.3 is 10.1 Å². The van der Waals surface area contributed by atoms with Crippen LogP contribution in [0.5, 0.6) is 5.75 Å². The van der Waals surface area contributed by atoms with Gasteiger partial charge in [0.05, 0.1) is 28.0 Å². The second-order valence-corrected chi connectivity index (χ2v) is 9.73. The molecule has 0 aliphatic heterocycles. The van der Waals surface area contributed by atoms with Gasteiger partial charge in [-0.25, -0.2) is 13.4 Å². The van der Waals surface area contributed by atoms with Crippen molar-refractivity contribution in [3.63, 3.8) is 0 Å². The van der Waals surface area contributed by atoms with Crippen LogP contribution in [-0.2, 0) is 14.6 Å². The molecule has 1 amide bonds. The molecule has 3 aromatic rings. The van der Waals surface area contributed by atoms with Gasteiger partial charge in [0.15, 0.2) is 15.0 Å². The minimum Gasteiger partial charge on any atom is -0.497 e. The van der Waals surface area contributed by atoms with Crippen LogP contribution in [0.25, 0.3) is 10.2 Å². The van der Waals surface area contributed by atoms with Crippen LogP contribution in [-0.4, -0.2) is 32.2 Å². The average molecular weight is 419 g/mol. The average Bonchev–Trinajstić information content (AvgIpc) is 3.04. The number of nitrogens with zero attached hydrogens (tertiary/aromatic N) is 1. The number of hydrogen-bond donors (Lipinski definition) is 1. The summed E-state index contributed by atoms with van der Waals surface area (Å²) in [7, 11) is -1.91. The van der Waals surface area contributed by atoms with Crippen molar-refractivity contribution in [1.82, 2.24) is 4.98 Å². The summed E-state index contributed by atoms with van der Waals surface area (Å²) in [6.45, 7) is 4.01. The molecule has 148 valence electrons. The number of aryl methyl sites for hydroxylation is 2. The number of benzene rings is 2. The van der Waals surface area contributed by atoms with Gasteiger partial charge in [0.1, 0.15) is 5.75 Å². The molecule has 1 N–H and O–H groups in total. The highest BCUT2D eigenvalue weighted by atomic mass is 32.2. The highest BCUT2D eigenvalue weighted by Crippen LogP contribution is 2.29. The molecule has 6 nitrogen and oxygen atoms in total. The molecule has 0 saturated heterocycles. The molecule has 0 fully saturated rings. The normalized spacial score (nSPS) is 11.5. The van der Waals surface area contributed by atoms with Crippen LogP contribution < -0.4 is 10.1 Å². The molecule has 0 bridgehead atoms. The number of carbonyl (C=O) groups excluding carboxylic acids is 1. The lowest BCUT2D eigenvalue weighted by Gasteiger charge is -2.06. The van der Waals surface area contributed by atoms with Crippen molar-refractivity contribution < 1.29 is 17.9 Å². The Morgan fingerprint density at radius 1 is 1.18 bits per heavy atom. The SMILES string of the molecule is COc1ccc(S(=O)(=O)CCCC(=O)Nc2nc3c(C)cc(C)cc3s2)cc1. The van der Waals surface area contributed by atoms with Crippen molar-refractivity contribution >= 4 is 42.4 Å². The second kappa shape index (κ2) is 8.28. The summed E-state index contributed by atoms with van der Waals surface area (Å²) in [6.07, 6.45) is 0.354. The number of carbonyl (C=O) groups is 1. The fourth-order valence-electron chi connectivity index (χ4n) is 2.93. The Morgan fingerprint density at radius 2 is 1.89 bits per heavy atom. The van der Waals surface area contributed by atoms with Gasteiger partial charge in [0.25, 0.3) is 0 Å². The summed E-state index contributed by atoms with van der Waals surface area (Å²) in [5.74, 6) is 0.267. The van der Waals surface area contributed by atoms with E-state index in [9.17, 15) is 13.2 Å². The first-order valence-electron chi connectivity index (χ1n) is 8.83. The first-order chi connectivity index (χ1) is 13.3. The van der Waals surface area contributed by atoms with Gasteiger partial charge in [0, 0.05) is 6.42 Å². The number of amides is 1. The molecule has 3 rings (SSSR count). The van der Waals surface area contributed by atoms with Gasteiger partial charge in [-0.1, -0.05) is 17.4 Å². The van der Waals surface area contributed by atoms with Crippen molar-refractivity contribution in [2.45, 2.75) is 31.6 Å². The Labute approximate surface area is 168 Å². The molecule has 0 aliphatic rings. The maximum atomic E-state index is 12.4. The van der Waals surface area contributed by atoms with E-state index in [1.54, 1.807) is 12.1 Å². The number of hydrogen-bond acceptors (Lipinski definition) is 6. The summed E-state index contributed by atoms with van der Waals surface area (Å²) in [5, 5.41) is 3.31. The number of nitrogens with one attached hydrogen (secondary N) is 1. The van der Waals surface area contributed by atoms with E-state index in [1.165, 1.54) is 30.6 Å². The highest BCUT2D eigenvalue weighted by Gasteiger charge is 2.16. The summed E-state index contributed by atoms with van der Waals surface area (Å²) in [6, 6.07) is 10.3. The van der Waals surface area contributed by atoms with Gasteiger partial charge in [-0.15, -0.1) is 0 Å². The maximum absolute atomic E-state index is 12.4. The fraction of sp³-hybridized carbons (Fsp3) is 0.300. The zero-order valence-electron chi connectivity index (χ0n) is 16.0. The minimum absolute atomic E-state index is 0.0924. The Morgan fingerprint density at radius 3 is 2.57 bits per heavy atom. The lowest BCUT2D eigenvalue weighted by Crippen LogP contribution is -2.14. The van der Waals surface area contributed by atoms with Crippen LogP contribution in [0.3, 0.4) is 0 Å². The van der Waals surface area contributed by atoms with Gasteiger partial charge >= 0.3 is 0 Å². The second-order valence-electron chi connectivity index (χ2n) is 6.59. The Kier molecular flexibility index (Phi) is 6.00. The van der Waals surface area contributed by atoms with E-state index < -0.39 is 9.84 Å². The monoisotopic (exact) mass is 418 g/mol. The Balaban J connectivity index is 1.57. The third-order valence-corrected chi connectivity index (χ3v) is 7.05. The molecule has 1 aromatic heterocycles. The molecule has 2 aromatic carbocycles. The number of fused-ring (bicyclic) bond motifs is 1. The lowest BCUT2D eigenvalue weighted by atomic mass is 10.1. The smallest absolute Gasteiger partial charge is 0.226 e. The minimum atomic E-state index is -3.43. The quantitative estimate of drug-likeness (QED) is 0.624. The number of thiazole rings is 1. The number of sulfone groups is 1. The number of rotatable bonds is 7. The van der Waals surface area contributed by atoms with Crippen molar-refractivity contribution in [2.75, 3.05) is 18.2 Å². The molecule has 0 saturated carbocycles. The van der Waals surface area contributed by atoms with Crippen LogP contribution in [0.1, 0.15) is 24.0 Å². The van der Waals surface area contributed by atoms with E-state index in [0.717, 1.165) is 21.3 Å². The maximum Gasteiger partial charge on any atom is 0.226 e. The van der Waals surface area contributed by atoms with Crippen LogP contribution in [0, 0.1) is 13.8 Å². The molecule has 0 unspecified atom stereocenters. The molecule has 0 spiro atoms. The lowest BCUT2D eigenvalue weighted by molar-refractivity contribution is -0.116. The summed E-state index contributed by atoms with van der Waals surface area (Å²) < 4.78 is 30.8. The van der Waals surface area contributed by atoms with Crippen LogP contribution in [0.15, 0.2) is 41.3 Å². The zero-order valence-corrected chi connectivity index (χ0v) is 17.6. The van der Waals surface area contributed by atoms with Gasteiger partial charge in [-0.2, -0.15) is 0 Å². The van der Waals surface area contributed by atoms with Crippen LogP contribution >= 0.6 is 11.3 Å². The molecule has 0 aliphatic carbocycles. The summed E-state index contributed by atoms with van der Waals surface area (Å²) in [5.41, 5.74) is 3.10.